The number of carbonyl (C=O) groups is 1. The highest BCUT2D eigenvalue weighted by Crippen LogP contribution is 2.39. The first-order chi connectivity index (χ1) is 16.9. The molecule has 0 unspecified atom stereocenters. The highest BCUT2D eigenvalue weighted by atomic mass is 16.6. The third-order valence-electron chi connectivity index (χ3n) is 7.90. The van der Waals surface area contributed by atoms with Crippen molar-refractivity contribution >= 4 is 17.3 Å². The van der Waals surface area contributed by atoms with Gasteiger partial charge in [-0.15, -0.1) is 0 Å². The van der Waals surface area contributed by atoms with Gasteiger partial charge in [0.2, 0.25) is 5.91 Å². The van der Waals surface area contributed by atoms with E-state index >= 15 is 0 Å². The Morgan fingerprint density at radius 1 is 1.09 bits per heavy atom. The second-order valence-corrected chi connectivity index (χ2v) is 9.93. The van der Waals surface area contributed by atoms with E-state index in [-0.39, 0.29) is 22.4 Å². The van der Waals surface area contributed by atoms with E-state index in [1.54, 1.807) is 19.2 Å². The number of nitro benzene ring substituents is 1. The molecule has 2 fully saturated rings. The number of hydrazine groups is 1. The molecule has 3 atom stereocenters. The first-order valence-corrected chi connectivity index (χ1v) is 12.3. The zero-order valence-electron chi connectivity index (χ0n) is 20.4. The first-order valence-electron chi connectivity index (χ1n) is 12.3. The number of hydrogen-bond acceptors (Lipinski definition) is 7. The Hall–Kier alpha value is -3.17. The average molecular weight is 480 g/mol. The van der Waals surface area contributed by atoms with Gasteiger partial charge in [0.1, 0.15) is 5.75 Å². The number of likely N-dealkylation sites (tertiary alicyclic amines) is 1. The molecule has 2 heterocycles. The number of benzene rings is 2. The van der Waals surface area contributed by atoms with E-state index < -0.39 is 0 Å². The Kier molecular flexibility index (Phi) is 6.62. The fraction of sp³-hybridized carbons (Fsp3) is 0.500. The van der Waals surface area contributed by atoms with Crippen molar-refractivity contribution < 1.29 is 14.5 Å². The summed E-state index contributed by atoms with van der Waals surface area (Å²) in [5.41, 5.74) is 6.90. The number of fused-ring (bicyclic) bond motifs is 2. The molecule has 1 aliphatic carbocycles. The number of likely N-dealkylation sites (N-methyl/N-ethyl adjacent to an activating group) is 1. The van der Waals surface area contributed by atoms with Crippen LogP contribution in [0.1, 0.15) is 17.5 Å². The lowest BCUT2D eigenvalue weighted by Crippen LogP contribution is -2.58. The molecule has 0 radical (unpaired) electrons. The first kappa shape index (κ1) is 23.6. The maximum Gasteiger partial charge on any atom is 0.269 e. The van der Waals surface area contributed by atoms with Crippen LogP contribution in [0.5, 0.6) is 5.75 Å². The fourth-order valence-electron chi connectivity index (χ4n) is 5.99. The van der Waals surface area contributed by atoms with Gasteiger partial charge >= 0.3 is 0 Å². The molecule has 2 aliphatic heterocycles. The van der Waals surface area contributed by atoms with Crippen molar-refractivity contribution in [2.45, 2.75) is 25.3 Å². The van der Waals surface area contributed by atoms with Gasteiger partial charge < -0.3 is 14.5 Å². The second-order valence-electron chi connectivity index (χ2n) is 9.93. The van der Waals surface area contributed by atoms with Crippen LogP contribution in [0.2, 0.25) is 0 Å². The molecule has 35 heavy (non-hydrogen) atoms. The maximum absolute atomic E-state index is 13.2. The quantitative estimate of drug-likeness (QED) is 0.520. The van der Waals surface area contributed by atoms with Gasteiger partial charge in [0.05, 0.1) is 18.0 Å². The molecule has 0 spiro atoms. The van der Waals surface area contributed by atoms with Gasteiger partial charge in [-0.3, -0.25) is 20.3 Å². The number of nitrogens with zero attached hydrogens (tertiary/aromatic N) is 4. The van der Waals surface area contributed by atoms with Crippen LogP contribution in [0.15, 0.2) is 42.5 Å². The van der Waals surface area contributed by atoms with Crippen molar-refractivity contribution in [3.63, 3.8) is 0 Å². The van der Waals surface area contributed by atoms with Crippen molar-refractivity contribution in [3.8, 4) is 5.75 Å². The zero-order valence-corrected chi connectivity index (χ0v) is 20.4. The monoisotopic (exact) mass is 479 g/mol. The van der Waals surface area contributed by atoms with Crippen molar-refractivity contribution in [2.24, 2.45) is 11.8 Å². The summed E-state index contributed by atoms with van der Waals surface area (Å²) in [6.45, 7) is 3.70. The third kappa shape index (κ3) is 4.83. The minimum Gasteiger partial charge on any atom is -0.496 e. The standard InChI is InChI=1S/C26H33N5O4/c1-28-17-20(14-19-15-23-18(16-24(19)28)4-3-5-25(23)35-2)26(32)27-30-12-10-29(11-13-30)21-6-8-22(9-7-21)31(33)34/h3-9,19-20,24H,10-17H2,1-2H3,(H,27,32)/t19-,20-,24-/m1/s1. The van der Waals surface area contributed by atoms with E-state index in [1.165, 1.54) is 23.3 Å². The molecule has 2 aromatic carbocycles. The van der Waals surface area contributed by atoms with E-state index in [9.17, 15) is 14.9 Å². The maximum atomic E-state index is 13.2. The number of piperidine rings is 1. The summed E-state index contributed by atoms with van der Waals surface area (Å²) in [5, 5.41) is 12.9. The van der Waals surface area contributed by atoms with E-state index in [0.717, 1.165) is 50.3 Å². The number of hydrogen-bond donors (Lipinski definition) is 1. The number of rotatable bonds is 5. The van der Waals surface area contributed by atoms with E-state index in [2.05, 4.69) is 34.4 Å². The van der Waals surface area contributed by atoms with E-state index in [4.69, 9.17) is 4.74 Å². The summed E-state index contributed by atoms with van der Waals surface area (Å²) in [4.78, 5) is 28.3. The minimum atomic E-state index is -0.384. The summed E-state index contributed by atoms with van der Waals surface area (Å²) in [6, 6.07) is 13.4. The summed E-state index contributed by atoms with van der Waals surface area (Å²) in [7, 11) is 3.87. The van der Waals surface area contributed by atoms with E-state index in [1.807, 2.05) is 11.1 Å². The summed E-state index contributed by atoms with van der Waals surface area (Å²) in [5.74, 6) is 1.46. The lowest BCUT2D eigenvalue weighted by atomic mass is 9.72. The number of piperazine rings is 1. The van der Waals surface area contributed by atoms with Crippen molar-refractivity contribution in [2.75, 3.05) is 51.8 Å². The second kappa shape index (κ2) is 9.83. The Labute approximate surface area is 205 Å². The molecule has 5 rings (SSSR count). The Morgan fingerprint density at radius 3 is 2.51 bits per heavy atom. The van der Waals surface area contributed by atoms with Crippen molar-refractivity contribution in [3.05, 3.63) is 63.7 Å². The number of methoxy groups -OCH3 is 1. The molecule has 0 aromatic heterocycles. The number of amides is 1. The predicted octanol–water partition coefficient (Wildman–Crippen LogP) is 2.49. The normalized spacial score (nSPS) is 24.9. The molecule has 0 saturated carbocycles. The number of anilines is 1. The van der Waals surface area contributed by atoms with Crippen LogP contribution in [0.25, 0.3) is 0 Å². The molecular weight excluding hydrogens is 446 g/mol. The van der Waals surface area contributed by atoms with Gasteiger partial charge in [0.25, 0.3) is 5.69 Å². The Morgan fingerprint density at radius 2 is 1.83 bits per heavy atom. The van der Waals surface area contributed by atoms with Crippen LogP contribution < -0.4 is 15.1 Å². The SMILES string of the molecule is COc1cccc2c1C[C@H]1C[C@@H](C(=O)NN3CCN(c4ccc([N+](=O)[O-])cc4)CC3)CN(C)[C@@H]1C2. The smallest absolute Gasteiger partial charge is 0.269 e. The lowest BCUT2D eigenvalue weighted by Gasteiger charge is -2.46. The molecule has 1 amide bonds. The van der Waals surface area contributed by atoms with Crippen LogP contribution in [0, 0.1) is 22.0 Å². The topological polar surface area (TPSA) is 91.2 Å². The Bertz CT molecular complexity index is 1080. The summed E-state index contributed by atoms with van der Waals surface area (Å²) in [6.07, 6.45) is 2.85. The molecular formula is C26H33N5O4. The van der Waals surface area contributed by atoms with Crippen LogP contribution >= 0.6 is 0 Å². The number of carbonyl (C=O) groups excluding carboxylic acids is 1. The molecule has 9 heteroatoms. The van der Waals surface area contributed by atoms with Crippen LogP contribution in [0.3, 0.4) is 0 Å². The van der Waals surface area contributed by atoms with Gasteiger partial charge in [-0.05, 0) is 61.6 Å². The van der Waals surface area contributed by atoms with Gasteiger partial charge in [-0.1, -0.05) is 12.1 Å². The number of ether oxygens (including phenoxy) is 1. The largest absolute Gasteiger partial charge is 0.496 e. The van der Waals surface area contributed by atoms with Crippen molar-refractivity contribution in [1.82, 2.24) is 15.3 Å². The molecule has 2 saturated heterocycles. The van der Waals surface area contributed by atoms with Gasteiger partial charge in [-0.2, -0.15) is 0 Å². The van der Waals surface area contributed by atoms with Crippen LogP contribution in [-0.4, -0.2) is 73.7 Å². The summed E-state index contributed by atoms with van der Waals surface area (Å²) < 4.78 is 5.62. The van der Waals surface area contributed by atoms with Gasteiger partial charge in [-0.25, -0.2) is 5.01 Å². The molecule has 2 aromatic rings. The van der Waals surface area contributed by atoms with Crippen molar-refractivity contribution in [1.29, 1.82) is 0 Å². The lowest BCUT2D eigenvalue weighted by molar-refractivity contribution is -0.384. The number of nitrogens with one attached hydrogen (secondary N) is 1. The van der Waals surface area contributed by atoms with E-state index in [0.29, 0.717) is 25.0 Å². The molecule has 0 bridgehead atoms. The van der Waals surface area contributed by atoms with Crippen LogP contribution in [0.4, 0.5) is 11.4 Å². The minimum absolute atomic E-state index is 0.0368. The Balaban J connectivity index is 1.16. The number of nitro groups is 1. The fourth-order valence-corrected chi connectivity index (χ4v) is 5.99. The zero-order chi connectivity index (χ0) is 24.5. The molecule has 9 nitrogen and oxygen atoms in total. The molecule has 3 aliphatic rings. The summed E-state index contributed by atoms with van der Waals surface area (Å²) >= 11 is 0. The predicted molar refractivity (Wildman–Crippen MR) is 133 cm³/mol. The molecule has 1 N–H and O–H groups in total. The van der Waals surface area contributed by atoms with Gasteiger partial charge in [0, 0.05) is 56.6 Å². The third-order valence-corrected chi connectivity index (χ3v) is 7.90. The van der Waals surface area contributed by atoms with Crippen LogP contribution in [-0.2, 0) is 17.6 Å². The molecule has 186 valence electrons. The number of non-ortho nitro benzene ring substituents is 1. The highest BCUT2D eigenvalue weighted by Gasteiger charge is 2.41. The highest BCUT2D eigenvalue weighted by molar-refractivity contribution is 5.78. The van der Waals surface area contributed by atoms with Gasteiger partial charge in [0.15, 0.2) is 0 Å². The average Bonchev–Trinajstić information content (AvgIpc) is 2.87.